The third kappa shape index (κ3) is 3.51. The molecular weight excluding hydrogens is 196 g/mol. The van der Waals surface area contributed by atoms with Crippen LogP contribution in [0.2, 0.25) is 0 Å². The summed E-state index contributed by atoms with van der Waals surface area (Å²) in [4.78, 5) is 2.35. The molecule has 0 aliphatic heterocycles. The second-order valence-corrected chi connectivity index (χ2v) is 5.56. The van der Waals surface area contributed by atoms with Crippen molar-refractivity contribution in [3.8, 4) is 0 Å². The smallest absolute Gasteiger partial charge is 0.0123 e. The average Bonchev–Trinajstić information content (AvgIpc) is 2.23. The Morgan fingerprint density at radius 2 is 1.88 bits per heavy atom. The van der Waals surface area contributed by atoms with Crippen molar-refractivity contribution in [3.63, 3.8) is 0 Å². The first-order chi connectivity index (χ1) is 7.28. The van der Waals surface area contributed by atoms with Crippen molar-refractivity contribution in [1.82, 2.24) is 10.2 Å². The quantitative estimate of drug-likeness (QED) is 0.717. The molecule has 0 saturated heterocycles. The molecule has 0 aliphatic carbocycles. The van der Waals surface area contributed by atoms with Crippen molar-refractivity contribution < 1.29 is 0 Å². The lowest BCUT2D eigenvalue weighted by atomic mass is 9.72. The zero-order chi connectivity index (χ0) is 12.9. The molecule has 0 amide bonds. The summed E-state index contributed by atoms with van der Waals surface area (Å²) in [5.41, 5.74) is 1.25. The van der Waals surface area contributed by atoms with Gasteiger partial charge in [-0.05, 0) is 26.4 Å². The molecule has 2 unspecified atom stereocenters. The Labute approximate surface area is 102 Å². The van der Waals surface area contributed by atoms with E-state index >= 15 is 0 Å². The first-order valence-corrected chi connectivity index (χ1v) is 6.32. The number of nitrogens with one attached hydrogen (secondary N) is 1. The molecule has 0 fully saturated rings. The Hall–Kier alpha value is -0.500. The van der Waals surface area contributed by atoms with Crippen LogP contribution in [0.1, 0.15) is 40.5 Å². The third-order valence-corrected chi connectivity index (χ3v) is 4.04. The van der Waals surface area contributed by atoms with E-state index in [2.05, 4.69) is 58.6 Å². The number of hydrogen-bond donors (Lipinski definition) is 1. The second kappa shape index (κ2) is 6.29. The van der Waals surface area contributed by atoms with Gasteiger partial charge in [-0.3, -0.25) is 0 Å². The minimum Gasteiger partial charge on any atom is -0.391 e. The molecule has 0 spiro atoms. The van der Waals surface area contributed by atoms with Crippen LogP contribution >= 0.6 is 0 Å². The maximum Gasteiger partial charge on any atom is 0.0123 e. The van der Waals surface area contributed by atoms with Gasteiger partial charge in [-0.15, -0.1) is 0 Å². The Morgan fingerprint density at radius 3 is 2.19 bits per heavy atom. The lowest BCUT2D eigenvalue weighted by Crippen LogP contribution is -2.43. The van der Waals surface area contributed by atoms with E-state index in [0.717, 1.165) is 5.70 Å². The molecule has 2 atom stereocenters. The highest BCUT2D eigenvalue weighted by Crippen LogP contribution is 2.37. The second-order valence-electron chi connectivity index (χ2n) is 5.56. The fourth-order valence-electron chi connectivity index (χ4n) is 2.33. The van der Waals surface area contributed by atoms with Crippen LogP contribution in [0.15, 0.2) is 12.3 Å². The molecule has 2 heteroatoms. The fourth-order valence-corrected chi connectivity index (χ4v) is 2.33. The summed E-state index contributed by atoms with van der Waals surface area (Å²) in [5, 5.41) is 3.21. The summed E-state index contributed by atoms with van der Waals surface area (Å²) in [5.74, 6) is 0.586. The SMILES string of the molecule is C=C(NC)C(C)(C)C(C)C(CCC)N(C)C. The molecule has 0 aromatic heterocycles. The molecule has 0 heterocycles. The molecule has 0 bridgehead atoms. The highest BCUT2D eigenvalue weighted by atomic mass is 15.1. The first-order valence-electron chi connectivity index (χ1n) is 6.32. The monoisotopic (exact) mass is 226 g/mol. The van der Waals surface area contributed by atoms with E-state index in [0.29, 0.717) is 12.0 Å². The molecule has 0 aromatic rings. The zero-order valence-electron chi connectivity index (χ0n) is 12.2. The van der Waals surface area contributed by atoms with Gasteiger partial charge in [-0.1, -0.05) is 40.7 Å². The van der Waals surface area contributed by atoms with E-state index in [1.54, 1.807) is 0 Å². The summed E-state index contributed by atoms with van der Waals surface area (Å²) in [6.07, 6.45) is 2.48. The number of rotatable bonds is 7. The standard InChI is InChI=1S/C14H30N2/c1-9-10-13(16(7)8)11(2)14(4,5)12(3)15-6/h11,13,15H,3,9-10H2,1-2,4-8H3. The lowest BCUT2D eigenvalue weighted by molar-refractivity contribution is 0.124. The summed E-state index contributed by atoms with van der Waals surface area (Å²) in [7, 11) is 6.31. The lowest BCUT2D eigenvalue weighted by Gasteiger charge is -2.41. The summed E-state index contributed by atoms with van der Waals surface area (Å²) < 4.78 is 0. The van der Waals surface area contributed by atoms with Crippen molar-refractivity contribution >= 4 is 0 Å². The van der Waals surface area contributed by atoms with Crippen LogP contribution in [-0.4, -0.2) is 32.1 Å². The minimum atomic E-state index is 0.124. The van der Waals surface area contributed by atoms with Gasteiger partial charge in [0.25, 0.3) is 0 Å². The van der Waals surface area contributed by atoms with Gasteiger partial charge in [0.15, 0.2) is 0 Å². The summed E-state index contributed by atoms with van der Waals surface area (Å²) in [6.45, 7) is 13.3. The van der Waals surface area contributed by atoms with Crippen LogP contribution in [0.5, 0.6) is 0 Å². The van der Waals surface area contributed by atoms with Crippen LogP contribution in [0.25, 0.3) is 0 Å². The zero-order valence-corrected chi connectivity index (χ0v) is 12.2. The third-order valence-electron chi connectivity index (χ3n) is 4.04. The van der Waals surface area contributed by atoms with E-state index < -0.39 is 0 Å². The Morgan fingerprint density at radius 1 is 1.38 bits per heavy atom. The van der Waals surface area contributed by atoms with Crippen LogP contribution in [0.4, 0.5) is 0 Å². The van der Waals surface area contributed by atoms with Crippen molar-refractivity contribution in [2.75, 3.05) is 21.1 Å². The predicted octanol–water partition coefficient (Wildman–Crippen LogP) is 3.11. The number of nitrogens with zero attached hydrogens (tertiary/aromatic N) is 1. The predicted molar refractivity (Wildman–Crippen MR) is 73.5 cm³/mol. The highest BCUT2D eigenvalue weighted by Gasteiger charge is 2.34. The van der Waals surface area contributed by atoms with Crippen LogP contribution < -0.4 is 5.32 Å². The molecule has 16 heavy (non-hydrogen) atoms. The molecule has 0 aliphatic rings. The molecule has 0 radical (unpaired) electrons. The van der Waals surface area contributed by atoms with Crippen LogP contribution in [0.3, 0.4) is 0 Å². The molecular formula is C14H30N2. The first kappa shape index (κ1) is 15.5. The molecule has 2 nitrogen and oxygen atoms in total. The molecule has 1 N–H and O–H groups in total. The Kier molecular flexibility index (Phi) is 6.09. The minimum absolute atomic E-state index is 0.124. The van der Waals surface area contributed by atoms with Gasteiger partial charge < -0.3 is 10.2 Å². The largest absolute Gasteiger partial charge is 0.391 e. The van der Waals surface area contributed by atoms with Gasteiger partial charge in [0.05, 0.1) is 0 Å². The van der Waals surface area contributed by atoms with Crippen molar-refractivity contribution in [1.29, 1.82) is 0 Å². The fraction of sp³-hybridized carbons (Fsp3) is 0.857. The molecule has 96 valence electrons. The van der Waals surface area contributed by atoms with E-state index in [1.807, 2.05) is 7.05 Å². The van der Waals surface area contributed by atoms with E-state index in [1.165, 1.54) is 12.8 Å². The Bertz CT molecular complexity index is 219. The van der Waals surface area contributed by atoms with Gasteiger partial charge in [-0.2, -0.15) is 0 Å². The normalized spacial score (nSPS) is 16.0. The van der Waals surface area contributed by atoms with Gasteiger partial charge in [0, 0.05) is 24.2 Å². The molecule has 0 aromatic carbocycles. The van der Waals surface area contributed by atoms with Crippen LogP contribution in [-0.2, 0) is 0 Å². The Balaban J connectivity index is 4.83. The van der Waals surface area contributed by atoms with E-state index in [4.69, 9.17) is 0 Å². The van der Waals surface area contributed by atoms with Crippen molar-refractivity contribution in [2.45, 2.75) is 46.6 Å². The number of allylic oxidation sites excluding steroid dienone is 1. The van der Waals surface area contributed by atoms with E-state index in [9.17, 15) is 0 Å². The maximum absolute atomic E-state index is 4.14. The summed E-state index contributed by atoms with van der Waals surface area (Å²) >= 11 is 0. The summed E-state index contributed by atoms with van der Waals surface area (Å²) in [6, 6.07) is 0.616. The van der Waals surface area contributed by atoms with Gasteiger partial charge in [0.1, 0.15) is 0 Å². The highest BCUT2D eigenvalue weighted by molar-refractivity contribution is 5.07. The molecule has 0 saturated carbocycles. The van der Waals surface area contributed by atoms with Gasteiger partial charge in [-0.25, -0.2) is 0 Å². The topological polar surface area (TPSA) is 15.3 Å². The van der Waals surface area contributed by atoms with Gasteiger partial charge in [0.2, 0.25) is 0 Å². The van der Waals surface area contributed by atoms with E-state index in [-0.39, 0.29) is 5.41 Å². The van der Waals surface area contributed by atoms with Crippen molar-refractivity contribution in [2.24, 2.45) is 11.3 Å². The van der Waals surface area contributed by atoms with Crippen LogP contribution in [0, 0.1) is 11.3 Å². The maximum atomic E-state index is 4.14. The van der Waals surface area contributed by atoms with Gasteiger partial charge >= 0.3 is 0 Å². The average molecular weight is 226 g/mol. The number of hydrogen-bond acceptors (Lipinski definition) is 2. The van der Waals surface area contributed by atoms with Crippen molar-refractivity contribution in [3.05, 3.63) is 12.3 Å². The molecule has 0 rings (SSSR count).